The molecule has 0 radical (unpaired) electrons. The summed E-state index contributed by atoms with van der Waals surface area (Å²) in [6.07, 6.45) is -0.702. The number of nitrogens with one attached hydrogen (secondary N) is 1. The number of nitrogens with zero attached hydrogens (tertiary/aromatic N) is 1. The average Bonchev–Trinajstić information content (AvgIpc) is 2.46. The van der Waals surface area contributed by atoms with Crippen molar-refractivity contribution in [2.75, 3.05) is 25.4 Å². The van der Waals surface area contributed by atoms with Crippen molar-refractivity contribution in [3.05, 3.63) is 0 Å². The molecule has 0 aliphatic carbocycles. The van der Waals surface area contributed by atoms with Gasteiger partial charge in [0.1, 0.15) is 0 Å². The van der Waals surface area contributed by atoms with Gasteiger partial charge in [0, 0.05) is 19.1 Å². The highest BCUT2D eigenvalue weighted by atomic mass is 32.2. The molecule has 124 valence electrons. The minimum atomic E-state index is -4.21. The van der Waals surface area contributed by atoms with Crippen LogP contribution in [0.25, 0.3) is 0 Å². The van der Waals surface area contributed by atoms with Gasteiger partial charge in [0.05, 0.1) is 11.7 Å². The molecule has 0 saturated carbocycles. The lowest BCUT2D eigenvalue weighted by atomic mass is 9.98. The Balaban J connectivity index is 1.80. The van der Waals surface area contributed by atoms with E-state index in [0.717, 1.165) is 25.8 Å². The van der Waals surface area contributed by atoms with E-state index in [9.17, 15) is 21.6 Å². The first-order valence-corrected chi connectivity index (χ1v) is 9.18. The highest BCUT2D eigenvalue weighted by Crippen LogP contribution is 2.34. The van der Waals surface area contributed by atoms with E-state index in [1.54, 1.807) is 0 Å². The normalized spacial score (nSPS) is 26.9. The third kappa shape index (κ3) is 4.82. The van der Waals surface area contributed by atoms with Gasteiger partial charge in [0.25, 0.3) is 0 Å². The first-order valence-electron chi connectivity index (χ1n) is 7.57. The smallest absolute Gasteiger partial charge is 0.314 e. The van der Waals surface area contributed by atoms with Crippen molar-refractivity contribution in [3.8, 4) is 0 Å². The predicted octanol–water partition coefficient (Wildman–Crippen LogP) is 2.12. The molecule has 2 rings (SSSR count). The molecule has 0 aromatic heterocycles. The summed E-state index contributed by atoms with van der Waals surface area (Å²) in [7, 11) is -3.43. The van der Waals surface area contributed by atoms with Crippen LogP contribution in [0.5, 0.6) is 0 Å². The van der Waals surface area contributed by atoms with Gasteiger partial charge in [-0.3, -0.25) is 0 Å². The van der Waals surface area contributed by atoms with Crippen molar-refractivity contribution >= 4 is 10.0 Å². The van der Waals surface area contributed by atoms with Crippen LogP contribution in [0.3, 0.4) is 0 Å². The van der Waals surface area contributed by atoms with Gasteiger partial charge in [-0.15, -0.1) is 0 Å². The molecule has 21 heavy (non-hydrogen) atoms. The van der Waals surface area contributed by atoms with Crippen LogP contribution in [0.4, 0.5) is 13.2 Å². The molecular weight excluding hydrogens is 305 g/mol. The molecule has 2 fully saturated rings. The number of hydrogen-bond acceptors (Lipinski definition) is 3. The molecule has 0 bridgehead atoms. The van der Waals surface area contributed by atoms with Gasteiger partial charge in [-0.1, -0.05) is 6.42 Å². The van der Waals surface area contributed by atoms with Crippen LogP contribution in [0.15, 0.2) is 0 Å². The van der Waals surface area contributed by atoms with Gasteiger partial charge in [-0.25, -0.2) is 12.7 Å². The maximum absolute atomic E-state index is 12.6. The molecule has 1 N–H and O–H groups in total. The van der Waals surface area contributed by atoms with E-state index < -0.39 is 22.1 Å². The minimum absolute atomic E-state index is 0.00932. The molecule has 1 unspecified atom stereocenters. The number of piperidine rings is 2. The Morgan fingerprint density at radius 1 is 1.10 bits per heavy atom. The van der Waals surface area contributed by atoms with Crippen LogP contribution in [-0.2, 0) is 10.0 Å². The lowest BCUT2D eigenvalue weighted by Crippen LogP contribution is -2.44. The number of rotatable bonds is 4. The predicted molar refractivity (Wildman–Crippen MR) is 74.4 cm³/mol. The van der Waals surface area contributed by atoms with Crippen molar-refractivity contribution in [3.63, 3.8) is 0 Å². The standard InChI is InChI=1S/C13H23F3N2O2S/c14-13(15,16)11-4-8-18(9-5-11)21(19,20)10-6-12-3-1-2-7-17-12/h11-12,17H,1-10H2. The van der Waals surface area contributed by atoms with E-state index in [2.05, 4.69) is 5.32 Å². The second-order valence-electron chi connectivity index (χ2n) is 5.97. The van der Waals surface area contributed by atoms with Gasteiger partial charge in [0.2, 0.25) is 10.0 Å². The zero-order chi connectivity index (χ0) is 15.5. The van der Waals surface area contributed by atoms with E-state index >= 15 is 0 Å². The molecule has 0 amide bonds. The molecule has 0 aromatic rings. The van der Waals surface area contributed by atoms with Gasteiger partial charge >= 0.3 is 6.18 Å². The fourth-order valence-corrected chi connectivity index (χ4v) is 4.66. The quantitative estimate of drug-likeness (QED) is 0.860. The maximum Gasteiger partial charge on any atom is 0.391 e. The average molecular weight is 328 g/mol. The number of halogens is 3. The van der Waals surface area contributed by atoms with E-state index in [4.69, 9.17) is 0 Å². The fourth-order valence-electron chi connectivity index (χ4n) is 3.05. The molecule has 0 spiro atoms. The molecule has 2 saturated heterocycles. The molecule has 8 heteroatoms. The van der Waals surface area contributed by atoms with Crippen molar-refractivity contribution in [2.24, 2.45) is 5.92 Å². The fraction of sp³-hybridized carbons (Fsp3) is 1.00. The van der Waals surface area contributed by atoms with Crippen LogP contribution < -0.4 is 5.32 Å². The lowest BCUT2D eigenvalue weighted by Gasteiger charge is -2.32. The second-order valence-corrected chi connectivity index (χ2v) is 8.05. The Morgan fingerprint density at radius 2 is 1.76 bits per heavy atom. The van der Waals surface area contributed by atoms with Crippen molar-refractivity contribution in [1.82, 2.24) is 9.62 Å². The zero-order valence-corrected chi connectivity index (χ0v) is 12.8. The first-order chi connectivity index (χ1) is 9.79. The van der Waals surface area contributed by atoms with Crippen LogP contribution in [-0.4, -0.2) is 50.3 Å². The molecule has 2 aliphatic rings. The monoisotopic (exact) mass is 328 g/mol. The number of sulfonamides is 1. The van der Waals surface area contributed by atoms with E-state index in [1.807, 2.05) is 0 Å². The van der Waals surface area contributed by atoms with Gasteiger partial charge in [0.15, 0.2) is 0 Å². The largest absolute Gasteiger partial charge is 0.391 e. The summed E-state index contributed by atoms with van der Waals surface area (Å²) in [6, 6.07) is 0.223. The molecule has 2 heterocycles. The Bertz CT molecular complexity index is 425. The third-order valence-electron chi connectivity index (χ3n) is 4.45. The maximum atomic E-state index is 12.6. The van der Waals surface area contributed by atoms with Crippen LogP contribution in [0.2, 0.25) is 0 Å². The Hall–Kier alpha value is -0.340. The van der Waals surface area contributed by atoms with Crippen LogP contribution >= 0.6 is 0 Å². The number of alkyl halides is 3. The summed E-state index contributed by atoms with van der Waals surface area (Å²) in [5.74, 6) is -1.33. The van der Waals surface area contributed by atoms with E-state index in [1.165, 1.54) is 4.31 Å². The topological polar surface area (TPSA) is 49.4 Å². The summed E-state index contributed by atoms with van der Waals surface area (Å²) < 4.78 is 63.4. The molecular formula is C13H23F3N2O2S. The molecule has 4 nitrogen and oxygen atoms in total. The second kappa shape index (κ2) is 6.83. The van der Waals surface area contributed by atoms with Crippen molar-refractivity contribution in [2.45, 2.75) is 50.7 Å². The molecule has 1 atom stereocenters. The summed E-state index contributed by atoms with van der Waals surface area (Å²) in [4.78, 5) is 0. The Kier molecular flexibility index (Phi) is 5.54. The first kappa shape index (κ1) is 17.0. The lowest BCUT2D eigenvalue weighted by molar-refractivity contribution is -0.182. The Morgan fingerprint density at radius 3 is 2.29 bits per heavy atom. The summed E-state index contributed by atoms with van der Waals surface area (Å²) in [6.45, 7) is 0.900. The summed E-state index contributed by atoms with van der Waals surface area (Å²) in [5, 5.41) is 3.29. The van der Waals surface area contributed by atoms with E-state index in [0.29, 0.717) is 6.42 Å². The van der Waals surface area contributed by atoms with Gasteiger partial charge in [-0.2, -0.15) is 13.2 Å². The highest BCUT2D eigenvalue weighted by Gasteiger charge is 2.42. The van der Waals surface area contributed by atoms with E-state index in [-0.39, 0.29) is 37.7 Å². The van der Waals surface area contributed by atoms with Crippen molar-refractivity contribution < 1.29 is 21.6 Å². The number of hydrogen-bond donors (Lipinski definition) is 1. The summed E-state index contributed by atoms with van der Waals surface area (Å²) in [5.41, 5.74) is 0. The molecule has 0 aromatic carbocycles. The Labute approximate surface area is 124 Å². The summed E-state index contributed by atoms with van der Waals surface area (Å²) >= 11 is 0. The SMILES string of the molecule is O=S(=O)(CCC1CCCCN1)N1CCC(C(F)(F)F)CC1. The molecule has 2 aliphatic heterocycles. The van der Waals surface area contributed by atoms with Crippen molar-refractivity contribution in [1.29, 1.82) is 0 Å². The van der Waals surface area contributed by atoms with Crippen LogP contribution in [0.1, 0.15) is 38.5 Å². The highest BCUT2D eigenvalue weighted by molar-refractivity contribution is 7.89. The van der Waals surface area contributed by atoms with Gasteiger partial charge in [-0.05, 0) is 38.6 Å². The zero-order valence-electron chi connectivity index (χ0n) is 12.0. The minimum Gasteiger partial charge on any atom is -0.314 e. The van der Waals surface area contributed by atoms with Gasteiger partial charge < -0.3 is 5.32 Å². The third-order valence-corrected chi connectivity index (χ3v) is 6.35. The van der Waals surface area contributed by atoms with Crippen LogP contribution in [0, 0.1) is 5.92 Å².